The first-order valence-electron chi connectivity index (χ1n) is 8.67. The van der Waals surface area contributed by atoms with Gasteiger partial charge in [-0.3, -0.25) is 4.79 Å². The predicted molar refractivity (Wildman–Crippen MR) is 95.3 cm³/mol. The van der Waals surface area contributed by atoms with Crippen LogP contribution < -0.4 is 14.8 Å². The number of ether oxygens (including phenoxy) is 2. The van der Waals surface area contributed by atoms with E-state index in [1.54, 1.807) is 6.92 Å². The van der Waals surface area contributed by atoms with Gasteiger partial charge < -0.3 is 19.3 Å². The van der Waals surface area contributed by atoms with E-state index >= 15 is 0 Å². The van der Waals surface area contributed by atoms with Gasteiger partial charge in [0.25, 0.3) is 5.91 Å². The lowest BCUT2D eigenvalue weighted by Crippen LogP contribution is -2.27. The van der Waals surface area contributed by atoms with Gasteiger partial charge >= 0.3 is 0 Å². The number of carbonyl (C=O) groups is 1. The second-order valence-corrected chi connectivity index (χ2v) is 5.69. The quantitative estimate of drug-likeness (QED) is 0.786. The monoisotopic (exact) mass is 346 g/mol. The number of hydrogen-bond acceptors (Lipinski definition) is 5. The van der Waals surface area contributed by atoms with Crippen LogP contribution >= 0.6 is 0 Å². The fourth-order valence-electron chi connectivity index (χ4n) is 2.64. The van der Waals surface area contributed by atoms with Crippen molar-refractivity contribution in [1.29, 1.82) is 0 Å². The minimum absolute atomic E-state index is 0.185. The maximum Gasteiger partial charge on any atom is 0.257 e. The molecule has 1 amide bonds. The molecule has 1 aromatic carbocycles. The van der Waals surface area contributed by atoms with Crippen molar-refractivity contribution in [3.8, 4) is 11.5 Å². The van der Waals surface area contributed by atoms with Crippen LogP contribution in [0.15, 0.2) is 22.7 Å². The van der Waals surface area contributed by atoms with Crippen molar-refractivity contribution in [2.75, 3.05) is 13.2 Å². The fourth-order valence-corrected chi connectivity index (χ4v) is 2.64. The van der Waals surface area contributed by atoms with Gasteiger partial charge in [-0.05, 0) is 45.4 Å². The number of benzene rings is 1. The van der Waals surface area contributed by atoms with Gasteiger partial charge in [-0.1, -0.05) is 18.1 Å². The second kappa shape index (κ2) is 8.55. The zero-order valence-electron chi connectivity index (χ0n) is 15.5. The summed E-state index contributed by atoms with van der Waals surface area (Å²) in [6.07, 6.45) is 0.621. The first-order valence-corrected chi connectivity index (χ1v) is 8.67. The van der Waals surface area contributed by atoms with Crippen LogP contribution in [0.3, 0.4) is 0 Å². The van der Waals surface area contributed by atoms with E-state index in [9.17, 15) is 4.79 Å². The molecule has 6 heteroatoms. The summed E-state index contributed by atoms with van der Waals surface area (Å²) in [4.78, 5) is 12.6. The fraction of sp³-hybridized carbons (Fsp3) is 0.474. The van der Waals surface area contributed by atoms with Gasteiger partial charge in [-0.25, -0.2) is 0 Å². The molecule has 0 aliphatic heterocycles. The van der Waals surface area contributed by atoms with Gasteiger partial charge in [-0.15, -0.1) is 0 Å². The molecule has 0 aliphatic carbocycles. The number of nitrogens with zero attached hydrogens (tertiary/aromatic N) is 1. The van der Waals surface area contributed by atoms with E-state index in [4.69, 9.17) is 14.0 Å². The van der Waals surface area contributed by atoms with Crippen molar-refractivity contribution in [3.63, 3.8) is 0 Å². The number of carbonyl (C=O) groups excluding carboxylic acids is 1. The molecule has 2 aromatic rings. The zero-order chi connectivity index (χ0) is 18.4. The molecule has 0 fully saturated rings. The number of hydrogen-bond donors (Lipinski definition) is 1. The number of aryl methyl sites for hydroxylation is 2. The lowest BCUT2D eigenvalue weighted by atomic mass is 10.1. The first-order chi connectivity index (χ1) is 12.0. The highest BCUT2D eigenvalue weighted by molar-refractivity contribution is 5.96. The van der Waals surface area contributed by atoms with Gasteiger partial charge in [-0.2, -0.15) is 0 Å². The van der Waals surface area contributed by atoms with Gasteiger partial charge in [0, 0.05) is 6.42 Å². The Kier molecular flexibility index (Phi) is 6.44. The van der Waals surface area contributed by atoms with Gasteiger partial charge in [0.1, 0.15) is 11.3 Å². The molecule has 0 bridgehead atoms. The van der Waals surface area contributed by atoms with Crippen molar-refractivity contribution in [3.05, 3.63) is 40.8 Å². The van der Waals surface area contributed by atoms with Crippen LogP contribution in [0.5, 0.6) is 11.5 Å². The Balaban J connectivity index is 2.19. The summed E-state index contributed by atoms with van der Waals surface area (Å²) in [6.45, 7) is 10.6. The van der Waals surface area contributed by atoms with Crippen molar-refractivity contribution in [2.45, 2.75) is 47.1 Å². The Morgan fingerprint density at radius 1 is 1.20 bits per heavy atom. The van der Waals surface area contributed by atoms with Crippen LogP contribution in [0.25, 0.3) is 0 Å². The van der Waals surface area contributed by atoms with Crippen LogP contribution in [0.2, 0.25) is 0 Å². The van der Waals surface area contributed by atoms with Crippen LogP contribution in [-0.4, -0.2) is 24.3 Å². The van der Waals surface area contributed by atoms with Crippen LogP contribution in [0.1, 0.15) is 61.1 Å². The lowest BCUT2D eigenvalue weighted by molar-refractivity contribution is 0.0937. The summed E-state index contributed by atoms with van der Waals surface area (Å²) in [6, 6.07) is 5.51. The topological polar surface area (TPSA) is 73.6 Å². The van der Waals surface area contributed by atoms with E-state index in [2.05, 4.69) is 10.5 Å². The van der Waals surface area contributed by atoms with Crippen molar-refractivity contribution in [1.82, 2.24) is 10.5 Å². The van der Waals surface area contributed by atoms with Crippen LogP contribution in [0, 0.1) is 6.92 Å². The summed E-state index contributed by atoms with van der Waals surface area (Å²) >= 11 is 0. The minimum Gasteiger partial charge on any atom is -0.490 e. The molecule has 0 saturated heterocycles. The lowest BCUT2D eigenvalue weighted by Gasteiger charge is -2.17. The highest BCUT2D eigenvalue weighted by atomic mass is 16.5. The molecule has 1 unspecified atom stereocenters. The second-order valence-electron chi connectivity index (χ2n) is 5.69. The van der Waals surface area contributed by atoms with E-state index < -0.39 is 0 Å². The van der Waals surface area contributed by atoms with Gasteiger partial charge in [0.2, 0.25) is 0 Å². The van der Waals surface area contributed by atoms with E-state index in [1.165, 1.54) is 0 Å². The highest BCUT2D eigenvalue weighted by Gasteiger charge is 2.21. The molecule has 1 aromatic heterocycles. The molecule has 2 rings (SSSR count). The summed E-state index contributed by atoms with van der Waals surface area (Å²) < 4.78 is 16.4. The average Bonchev–Trinajstić information content (AvgIpc) is 2.97. The smallest absolute Gasteiger partial charge is 0.257 e. The predicted octanol–water partition coefficient (Wildman–Crippen LogP) is 3.83. The third-order valence-corrected chi connectivity index (χ3v) is 3.90. The van der Waals surface area contributed by atoms with Crippen molar-refractivity contribution >= 4 is 5.91 Å². The van der Waals surface area contributed by atoms with E-state index in [1.807, 2.05) is 45.9 Å². The molecular weight excluding hydrogens is 320 g/mol. The summed E-state index contributed by atoms with van der Waals surface area (Å²) in [5, 5.41) is 6.89. The minimum atomic E-state index is -0.193. The molecule has 136 valence electrons. The SMILES string of the molecule is CCOc1ccc(C(C)NC(=O)c2c(C)noc2CC)cc1OCC. The Morgan fingerprint density at radius 2 is 1.88 bits per heavy atom. The van der Waals surface area contributed by atoms with Crippen LogP contribution in [-0.2, 0) is 6.42 Å². The average molecular weight is 346 g/mol. The molecule has 0 spiro atoms. The van der Waals surface area contributed by atoms with Crippen LogP contribution in [0.4, 0.5) is 0 Å². The Bertz CT molecular complexity index is 724. The van der Waals surface area contributed by atoms with E-state index in [0.717, 1.165) is 5.56 Å². The normalized spacial score (nSPS) is 11.9. The van der Waals surface area contributed by atoms with E-state index in [0.29, 0.717) is 48.2 Å². The molecule has 6 nitrogen and oxygen atoms in total. The summed E-state index contributed by atoms with van der Waals surface area (Å²) in [5.41, 5.74) is 2.06. The third-order valence-electron chi connectivity index (χ3n) is 3.90. The summed E-state index contributed by atoms with van der Waals surface area (Å²) in [7, 11) is 0. The standard InChI is InChI=1S/C19H26N2O4/c1-6-15-18(13(5)21-25-15)19(22)20-12(4)14-9-10-16(23-7-2)17(11-14)24-8-3/h9-12H,6-8H2,1-5H3,(H,20,22). The van der Waals surface area contributed by atoms with Crippen molar-refractivity contribution < 1.29 is 18.8 Å². The molecule has 0 radical (unpaired) electrons. The Labute approximate surface area is 148 Å². The van der Waals surface area contributed by atoms with E-state index in [-0.39, 0.29) is 11.9 Å². The highest BCUT2D eigenvalue weighted by Crippen LogP contribution is 2.31. The largest absolute Gasteiger partial charge is 0.490 e. The maximum absolute atomic E-state index is 12.6. The molecule has 25 heavy (non-hydrogen) atoms. The number of aromatic nitrogens is 1. The number of amides is 1. The molecule has 0 aliphatic rings. The van der Waals surface area contributed by atoms with Crippen molar-refractivity contribution in [2.24, 2.45) is 0 Å². The third kappa shape index (κ3) is 4.32. The number of rotatable bonds is 8. The number of nitrogens with one attached hydrogen (secondary N) is 1. The maximum atomic E-state index is 12.6. The van der Waals surface area contributed by atoms with Gasteiger partial charge in [0.15, 0.2) is 11.5 Å². The Hall–Kier alpha value is -2.50. The summed E-state index contributed by atoms with van der Waals surface area (Å²) in [5.74, 6) is 1.80. The molecular formula is C19H26N2O4. The molecule has 1 atom stereocenters. The molecule has 0 saturated carbocycles. The zero-order valence-corrected chi connectivity index (χ0v) is 15.5. The Morgan fingerprint density at radius 3 is 2.52 bits per heavy atom. The molecule has 1 heterocycles. The van der Waals surface area contributed by atoms with Gasteiger partial charge in [0.05, 0.1) is 24.9 Å². The first kappa shape index (κ1) is 18.8. The molecule has 1 N–H and O–H groups in total.